The summed E-state index contributed by atoms with van der Waals surface area (Å²) in [6, 6.07) is 10.0. The Morgan fingerprint density at radius 3 is 0.783 bits per heavy atom. The fourth-order valence-corrected chi connectivity index (χ4v) is 8.99. The van der Waals surface area contributed by atoms with Crippen molar-refractivity contribution in [3.8, 4) is 5.75 Å². The molecule has 1 aromatic rings. The molecule has 0 aliphatic carbocycles. The standard InChI is InChI=1S/C54H103O5P/c1-3-5-7-9-11-13-19-25-31-40-48-55-50-42-33-27-21-15-17-23-29-35-44-52-57-60(59-54-46-38-37-39-47-54)58-53-45-36-30-24-18-16-22-28-34-43-51-56-49-41-32-26-20-14-12-10-8-6-4-2/h37-39,46-47H,3-36,40-45,48-53H2,1-2H3. The van der Waals surface area contributed by atoms with Crippen molar-refractivity contribution in [2.45, 2.75) is 271 Å². The second-order valence-corrected chi connectivity index (χ2v) is 19.1. The lowest BCUT2D eigenvalue weighted by Crippen LogP contribution is -2.01. The smallest absolute Gasteiger partial charge is 0.397 e. The van der Waals surface area contributed by atoms with Gasteiger partial charge >= 0.3 is 8.60 Å². The van der Waals surface area contributed by atoms with Gasteiger partial charge in [0.15, 0.2) is 0 Å². The van der Waals surface area contributed by atoms with E-state index in [-0.39, 0.29) is 0 Å². The Kier molecular flexibility index (Phi) is 48.6. The predicted molar refractivity (Wildman–Crippen MR) is 264 cm³/mol. The summed E-state index contributed by atoms with van der Waals surface area (Å²) in [7, 11) is -1.35. The van der Waals surface area contributed by atoms with Crippen molar-refractivity contribution in [2.24, 2.45) is 0 Å². The fraction of sp³-hybridized carbons (Fsp3) is 0.889. The van der Waals surface area contributed by atoms with Crippen LogP contribution < -0.4 is 4.52 Å². The minimum Gasteiger partial charge on any atom is -0.427 e. The molecule has 0 radical (unpaired) electrons. The van der Waals surface area contributed by atoms with E-state index in [9.17, 15) is 0 Å². The van der Waals surface area contributed by atoms with Crippen LogP contribution in [0.1, 0.15) is 271 Å². The van der Waals surface area contributed by atoms with Gasteiger partial charge < -0.3 is 23.0 Å². The van der Waals surface area contributed by atoms with E-state index in [0.717, 1.165) is 45.0 Å². The lowest BCUT2D eigenvalue weighted by molar-refractivity contribution is 0.125. The maximum atomic E-state index is 6.15. The van der Waals surface area contributed by atoms with E-state index in [1.54, 1.807) is 0 Å². The highest BCUT2D eigenvalue weighted by Gasteiger charge is 2.14. The molecule has 0 atom stereocenters. The van der Waals surface area contributed by atoms with Crippen LogP contribution >= 0.6 is 8.60 Å². The average Bonchev–Trinajstić information content (AvgIpc) is 3.26. The van der Waals surface area contributed by atoms with Crippen LogP contribution in [0.15, 0.2) is 30.3 Å². The Hall–Kier alpha value is -0.710. The Balaban J connectivity index is 1.88. The number of rotatable bonds is 52. The molecule has 1 rings (SSSR count). The molecule has 0 saturated carbocycles. The first-order valence-corrected chi connectivity index (χ1v) is 27.9. The zero-order valence-corrected chi connectivity index (χ0v) is 41.3. The highest BCUT2D eigenvalue weighted by atomic mass is 31.2. The first-order valence-electron chi connectivity index (χ1n) is 26.8. The third-order valence-corrected chi connectivity index (χ3v) is 13.1. The van der Waals surface area contributed by atoms with Gasteiger partial charge in [0, 0.05) is 26.4 Å². The molecule has 1 aromatic carbocycles. The summed E-state index contributed by atoms with van der Waals surface area (Å²) in [6.07, 6.45) is 53.7. The van der Waals surface area contributed by atoms with E-state index < -0.39 is 8.60 Å². The molecule has 0 bridgehead atoms. The third-order valence-electron chi connectivity index (χ3n) is 12.0. The molecule has 0 N–H and O–H groups in total. The Labute approximate surface area is 376 Å². The summed E-state index contributed by atoms with van der Waals surface area (Å²) in [5.74, 6) is 0.831. The van der Waals surface area contributed by atoms with Crippen molar-refractivity contribution in [1.82, 2.24) is 0 Å². The summed E-state index contributed by atoms with van der Waals surface area (Å²) in [5, 5.41) is 0. The predicted octanol–water partition coefficient (Wildman–Crippen LogP) is 19.0. The second-order valence-electron chi connectivity index (χ2n) is 18.0. The molecule has 5 nitrogen and oxygen atoms in total. The summed E-state index contributed by atoms with van der Waals surface area (Å²) < 4.78 is 30.2. The van der Waals surface area contributed by atoms with Gasteiger partial charge in [-0.3, -0.25) is 0 Å². The zero-order chi connectivity index (χ0) is 42.8. The van der Waals surface area contributed by atoms with Gasteiger partial charge in [-0.15, -0.1) is 0 Å². The van der Waals surface area contributed by atoms with E-state index in [1.165, 1.54) is 244 Å². The van der Waals surface area contributed by atoms with Crippen molar-refractivity contribution in [3.63, 3.8) is 0 Å². The number of ether oxygens (including phenoxy) is 2. The average molecular weight is 863 g/mol. The highest BCUT2D eigenvalue weighted by molar-refractivity contribution is 7.42. The van der Waals surface area contributed by atoms with E-state index in [0.29, 0.717) is 13.2 Å². The molecule has 6 heteroatoms. The zero-order valence-electron chi connectivity index (χ0n) is 40.4. The van der Waals surface area contributed by atoms with Gasteiger partial charge in [-0.25, -0.2) is 0 Å². The van der Waals surface area contributed by atoms with Crippen LogP contribution in [0.3, 0.4) is 0 Å². The monoisotopic (exact) mass is 863 g/mol. The lowest BCUT2D eigenvalue weighted by atomic mass is 10.1. The van der Waals surface area contributed by atoms with Gasteiger partial charge in [-0.1, -0.05) is 250 Å². The highest BCUT2D eigenvalue weighted by Crippen LogP contribution is 2.41. The summed E-state index contributed by atoms with van der Waals surface area (Å²) in [6.45, 7) is 9.87. The minimum atomic E-state index is -1.35. The van der Waals surface area contributed by atoms with Crippen LogP contribution in [-0.4, -0.2) is 39.6 Å². The Bertz CT molecular complexity index is 851. The van der Waals surface area contributed by atoms with Crippen LogP contribution in [0, 0.1) is 0 Å². The van der Waals surface area contributed by atoms with Gasteiger partial charge in [0.05, 0.1) is 13.2 Å². The maximum Gasteiger partial charge on any atom is 0.397 e. The van der Waals surface area contributed by atoms with Crippen molar-refractivity contribution >= 4 is 8.60 Å². The van der Waals surface area contributed by atoms with Crippen LogP contribution in [0.5, 0.6) is 5.75 Å². The first-order chi connectivity index (χ1) is 29.9. The molecule has 0 aromatic heterocycles. The number of hydrogen-bond donors (Lipinski definition) is 0. The molecule has 60 heavy (non-hydrogen) atoms. The third kappa shape index (κ3) is 45.3. The number of para-hydroxylation sites is 1. The molecule has 0 spiro atoms. The summed E-state index contributed by atoms with van der Waals surface area (Å²) >= 11 is 0. The summed E-state index contributed by atoms with van der Waals surface area (Å²) in [4.78, 5) is 0. The minimum absolute atomic E-state index is 0.715. The van der Waals surface area contributed by atoms with E-state index in [2.05, 4.69) is 13.8 Å². The molecular formula is C54H103O5P. The van der Waals surface area contributed by atoms with Crippen molar-refractivity contribution < 1.29 is 23.0 Å². The Morgan fingerprint density at radius 2 is 0.517 bits per heavy atom. The quantitative estimate of drug-likeness (QED) is 0.0482. The summed E-state index contributed by atoms with van der Waals surface area (Å²) in [5.41, 5.74) is 0. The first kappa shape index (κ1) is 57.3. The number of benzene rings is 1. The SMILES string of the molecule is CCCCCCCCCCCCOCCCCCCCCCCCCOP(OCCCCCCCCCCCCOCCCCCCCCCCCC)Oc1ccccc1. The molecule has 0 aliphatic heterocycles. The number of hydrogen-bond acceptors (Lipinski definition) is 5. The van der Waals surface area contributed by atoms with E-state index >= 15 is 0 Å². The van der Waals surface area contributed by atoms with Crippen LogP contribution in [-0.2, 0) is 18.5 Å². The van der Waals surface area contributed by atoms with Crippen molar-refractivity contribution in [1.29, 1.82) is 0 Å². The molecule has 354 valence electrons. The lowest BCUT2D eigenvalue weighted by Gasteiger charge is -2.17. The van der Waals surface area contributed by atoms with Crippen molar-refractivity contribution in [2.75, 3.05) is 39.6 Å². The fourth-order valence-electron chi connectivity index (χ4n) is 7.96. The molecule has 0 saturated heterocycles. The van der Waals surface area contributed by atoms with E-state index in [1.807, 2.05) is 30.3 Å². The number of unbranched alkanes of at least 4 members (excludes halogenated alkanes) is 36. The van der Waals surface area contributed by atoms with Gasteiger partial charge in [-0.05, 0) is 50.7 Å². The van der Waals surface area contributed by atoms with Crippen LogP contribution in [0.4, 0.5) is 0 Å². The van der Waals surface area contributed by atoms with Gasteiger partial charge in [0.2, 0.25) is 0 Å². The molecule has 0 unspecified atom stereocenters. The largest absolute Gasteiger partial charge is 0.427 e. The van der Waals surface area contributed by atoms with Gasteiger partial charge in [0.25, 0.3) is 0 Å². The molecule has 0 aliphatic rings. The van der Waals surface area contributed by atoms with Crippen LogP contribution in [0.25, 0.3) is 0 Å². The second kappa shape index (κ2) is 50.9. The van der Waals surface area contributed by atoms with Crippen LogP contribution in [0.2, 0.25) is 0 Å². The molecule has 0 amide bonds. The molecule has 0 heterocycles. The van der Waals surface area contributed by atoms with E-state index in [4.69, 9.17) is 23.0 Å². The molecular weight excluding hydrogens is 760 g/mol. The normalized spacial score (nSPS) is 11.7. The van der Waals surface area contributed by atoms with Gasteiger partial charge in [0.1, 0.15) is 5.75 Å². The maximum absolute atomic E-state index is 6.15. The molecule has 0 fully saturated rings. The Morgan fingerprint density at radius 1 is 0.283 bits per heavy atom. The van der Waals surface area contributed by atoms with Gasteiger partial charge in [-0.2, -0.15) is 0 Å². The topological polar surface area (TPSA) is 46.2 Å². The van der Waals surface area contributed by atoms with Crippen molar-refractivity contribution in [3.05, 3.63) is 30.3 Å².